The van der Waals surface area contributed by atoms with Crippen molar-refractivity contribution in [3.05, 3.63) is 69.7 Å². The van der Waals surface area contributed by atoms with Gasteiger partial charge in [0.1, 0.15) is 0 Å². The van der Waals surface area contributed by atoms with Crippen LogP contribution in [-0.4, -0.2) is 6.54 Å². The zero-order valence-electron chi connectivity index (χ0n) is 13.1. The molecule has 112 valence electrons. The molecule has 0 aliphatic carbocycles. The van der Waals surface area contributed by atoms with Gasteiger partial charge in [-0.1, -0.05) is 60.5 Å². The molecule has 21 heavy (non-hydrogen) atoms. The Labute approximate surface area is 133 Å². The number of aryl methyl sites for hydroxylation is 2. The summed E-state index contributed by atoms with van der Waals surface area (Å²) in [6, 6.07) is 15.1. The van der Waals surface area contributed by atoms with Gasteiger partial charge in [0.05, 0.1) is 0 Å². The molecule has 2 aromatic rings. The quantitative estimate of drug-likeness (QED) is 0.769. The van der Waals surface area contributed by atoms with Gasteiger partial charge in [-0.3, -0.25) is 0 Å². The molecular weight excluding hydrogens is 278 g/mol. The van der Waals surface area contributed by atoms with Crippen molar-refractivity contribution in [2.24, 2.45) is 0 Å². The normalized spacial score (nSPS) is 12.4. The Morgan fingerprint density at radius 1 is 1.10 bits per heavy atom. The highest BCUT2D eigenvalue weighted by atomic mass is 35.5. The van der Waals surface area contributed by atoms with Crippen molar-refractivity contribution in [1.82, 2.24) is 5.32 Å². The molecule has 0 heterocycles. The monoisotopic (exact) mass is 301 g/mol. The first-order valence-electron chi connectivity index (χ1n) is 7.65. The minimum Gasteiger partial charge on any atom is -0.310 e. The maximum absolute atomic E-state index is 6.33. The van der Waals surface area contributed by atoms with Crippen LogP contribution >= 0.6 is 11.6 Å². The Kier molecular flexibility index (Phi) is 5.84. The van der Waals surface area contributed by atoms with Crippen molar-refractivity contribution in [2.45, 2.75) is 39.7 Å². The number of hydrogen-bond acceptors (Lipinski definition) is 1. The molecule has 0 spiro atoms. The maximum atomic E-state index is 6.33. The predicted octanol–water partition coefficient (Wildman–Crippen LogP) is 5.24. The summed E-state index contributed by atoms with van der Waals surface area (Å²) in [4.78, 5) is 0. The third kappa shape index (κ3) is 4.33. The third-order valence-electron chi connectivity index (χ3n) is 3.83. The molecule has 1 N–H and O–H groups in total. The lowest BCUT2D eigenvalue weighted by Gasteiger charge is -2.22. The van der Waals surface area contributed by atoms with Crippen LogP contribution in [0.2, 0.25) is 5.02 Å². The van der Waals surface area contributed by atoms with E-state index in [-0.39, 0.29) is 0 Å². The number of benzene rings is 2. The van der Waals surface area contributed by atoms with Crippen LogP contribution in [0.5, 0.6) is 0 Å². The molecule has 2 rings (SSSR count). The van der Waals surface area contributed by atoms with Gasteiger partial charge in [-0.25, -0.2) is 0 Å². The fraction of sp³-hybridized carbons (Fsp3) is 0.368. The summed E-state index contributed by atoms with van der Waals surface area (Å²) in [7, 11) is 0. The van der Waals surface area contributed by atoms with Gasteiger partial charge < -0.3 is 5.32 Å². The fourth-order valence-corrected chi connectivity index (χ4v) is 2.84. The standard InChI is InChI=1S/C19H24ClN/c1-4-11-21-19(13-16-7-5-6-8-18(16)20)17-12-14(2)9-10-15(17)3/h5-10,12,19,21H,4,11,13H2,1-3H3. The van der Waals surface area contributed by atoms with E-state index >= 15 is 0 Å². The lowest BCUT2D eigenvalue weighted by Crippen LogP contribution is -2.25. The third-order valence-corrected chi connectivity index (χ3v) is 4.20. The van der Waals surface area contributed by atoms with Gasteiger partial charge in [-0.15, -0.1) is 0 Å². The van der Waals surface area contributed by atoms with E-state index in [0.29, 0.717) is 6.04 Å². The Balaban J connectivity index is 2.30. The van der Waals surface area contributed by atoms with E-state index in [1.807, 2.05) is 12.1 Å². The lowest BCUT2D eigenvalue weighted by atomic mass is 9.94. The number of hydrogen-bond donors (Lipinski definition) is 1. The average molecular weight is 302 g/mol. The van der Waals surface area contributed by atoms with E-state index in [2.05, 4.69) is 56.4 Å². The van der Waals surface area contributed by atoms with Crippen molar-refractivity contribution >= 4 is 11.6 Å². The van der Waals surface area contributed by atoms with Crippen LogP contribution in [0.25, 0.3) is 0 Å². The molecule has 0 bridgehead atoms. The summed E-state index contributed by atoms with van der Waals surface area (Å²) in [6.07, 6.45) is 2.05. The molecule has 2 heteroatoms. The largest absolute Gasteiger partial charge is 0.310 e. The molecule has 2 aromatic carbocycles. The highest BCUT2D eigenvalue weighted by molar-refractivity contribution is 6.31. The summed E-state index contributed by atoms with van der Waals surface area (Å²) < 4.78 is 0. The topological polar surface area (TPSA) is 12.0 Å². The Morgan fingerprint density at radius 2 is 1.86 bits per heavy atom. The van der Waals surface area contributed by atoms with Crippen LogP contribution < -0.4 is 5.32 Å². The van der Waals surface area contributed by atoms with E-state index in [9.17, 15) is 0 Å². The van der Waals surface area contributed by atoms with E-state index in [1.165, 1.54) is 22.3 Å². The predicted molar refractivity (Wildman–Crippen MR) is 92.1 cm³/mol. The summed E-state index contributed by atoms with van der Waals surface area (Å²) in [5.74, 6) is 0. The summed E-state index contributed by atoms with van der Waals surface area (Å²) >= 11 is 6.33. The number of nitrogens with one attached hydrogen (secondary N) is 1. The molecule has 0 fully saturated rings. The highest BCUT2D eigenvalue weighted by Crippen LogP contribution is 2.26. The SMILES string of the molecule is CCCNC(Cc1ccccc1Cl)c1cc(C)ccc1C. The first-order valence-corrected chi connectivity index (χ1v) is 8.03. The van der Waals surface area contributed by atoms with Gasteiger partial charge in [0.15, 0.2) is 0 Å². The first kappa shape index (κ1) is 16.1. The van der Waals surface area contributed by atoms with Gasteiger partial charge >= 0.3 is 0 Å². The van der Waals surface area contributed by atoms with Gasteiger partial charge in [-0.2, -0.15) is 0 Å². The lowest BCUT2D eigenvalue weighted by molar-refractivity contribution is 0.527. The molecule has 1 nitrogen and oxygen atoms in total. The Morgan fingerprint density at radius 3 is 2.57 bits per heavy atom. The van der Waals surface area contributed by atoms with Crippen LogP contribution in [0.1, 0.15) is 41.6 Å². The van der Waals surface area contributed by atoms with Gasteiger partial charge in [-0.05, 0) is 56.0 Å². The van der Waals surface area contributed by atoms with Crippen LogP contribution in [-0.2, 0) is 6.42 Å². The van der Waals surface area contributed by atoms with E-state index in [4.69, 9.17) is 11.6 Å². The molecule has 0 saturated carbocycles. The van der Waals surface area contributed by atoms with Crippen molar-refractivity contribution in [2.75, 3.05) is 6.54 Å². The molecular formula is C19H24ClN. The van der Waals surface area contributed by atoms with Crippen LogP contribution in [0.4, 0.5) is 0 Å². The molecule has 0 aliphatic rings. The van der Waals surface area contributed by atoms with Crippen LogP contribution in [0.15, 0.2) is 42.5 Å². The first-order chi connectivity index (χ1) is 10.1. The van der Waals surface area contributed by atoms with Gasteiger partial charge in [0, 0.05) is 11.1 Å². The Hall–Kier alpha value is -1.31. The summed E-state index contributed by atoms with van der Waals surface area (Å²) in [5.41, 5.74) is 5.22. The second kappa shape index (κ2) is 7.63. The van der Waals surface area contributed by atoms with E-state index in [0.717, 1.165) is 24.4 Å². The molecule has 1 atom stereocenters. The van der Waals surface area contributed by atoms with Crippen LogP contribution in [0, 0.1) is 13.8 Å². The van der Waals surface area contributed by atoms with E-state index in [1.54, 1.807) is 0 Å². The smallest absolute Gasteiger partial charge is 0.0438 e. The highest BCUT2D eigenvalue weighted by Gasteiger charge is 2.15. The molecule has 0 radical (unpaired) electrons. The number of halogens is 1. The van der Waals surface area contributed by atoms with Crippen molar-refractivity contribution in [3.8, 4) is 0 Å². The molecule has 0 saturated heterocycles. The zero-order valence-corrected chi connectivity index (χ0v) is 13.9. The summed E-state index contributed by atoms with van der Waals surface area (Å²) in [6.45, 7) is 7.54. The number of rotatable bonds is 6. The zero-order chi connectivity index (χ0) is 15.2. The second-order valence-corrected chi connectivity index (χ2v) is 6.07. The van der Waals surface area contributed by atoms with Crippen molar-refractivity contribution < 1.29 is 0 Å². The Bertz CT molecular complexity index is 592. The van der Waals surface area contributed by atoms with Gasteiger partial charge in [0.2, 0.25) is 0 Å². The minimum absolute atomic E-state index is 0.310. The summed E-state index contributed by atoms with van der Waals surface area (Å²) in [5, 5.41) is 4.52. The minimum atomic E-state index is 0.310. The molecule has 0 aliphatic heterocycles. The second-order valence-electron chi connectivity index (χ2n) is 5.66. The van der Waals surface area contributed by atoms with Crippen molar-refractivity contribution in [1.29, 1.82) is 0 Å². The van der Waals surface area contributed by atoms with Crippen molar-refractivity contribution in [3.63, 3.8) is 0 Å². The molecule has 0 amide bonds. The molecule has 1 unspecified atom stereocenters. The van der Waals surface area contributed by atoms with Gasteiger partial charge in [0.25, 0.3) is 0 Å². The fourth-order valence-electron chi connectivity index (χ4n) is 2.63. The maximum Gasteiger partial charge on any atom is 0.0438 e. The molecule has 0 aromatic heterocycles. The van der Waals surface area contributed by atoms with Crippen LogP contribution in [0.3, 0.4) is 0 Å². The van der Waals surface area contributed by atoms with E-state index < -0.39 is 0 Å². The average Bonchev–Trinajstić information content (AvgIpc) is 2.48.